The smallest absolute Gasteiger partial charge is 0.172 e. The van der Waals surface area contributed by atoms with Crippen LogP contribution in [0.4, 0.5) is 5.69 Å². The van der Waals surface area contributed by atoms with E-state index in [0.717, 1.165) is 29.2 Å². The molecule has 0 atom stereocenters. The molecular formula is C14H20BrN3O2. The van der Waals surface area contributed by atoms with Crippen LogP contribution in [-0.2, 0) is 4.74 Å². The van der Waals surface area contributed by atoms with E-state index in [9.17, 15) is 0 Å². The van der Waals surface area contributed by atoms with Gasteiger partial charge >= 0.3 is 0 Å². The van der Waals surface area contributed by atoms with Crippen LogP contribution in [0.15, 0.2) is 27.8 Å². The lowest BCUT2D eigenvalue weighted by atomic mass is 10.1. The van der Waals surface area contributed by atoms with Gasteiger partial charge in [0.25, 0.3) is 0 Å². The van der Waals surface area contributed by atoms with E-state index in [1.807, 2.05) is 30.1 Å². The molecule has 0 heterocycles. The lowest BCUT2D eigenvalue weighted by Crippen LogP contribution is -2.26. The van der Waals surface area contributed by atoms with E-state index in [1.165, 1.54) is 12.8 Å². The van der Waals surface area contributed by atoms with Crippen molar-refractivity contribution in [2.24, 2.45) is 16.8 Å². The fourth-order valence-corrected chi connectivity index (χ4v) is 2.30. The summed E-state index contributed by atoms with van der Waals surface area (Å²) in [5.41, 5.74) is 7.33. The molecule has 0 saturated heterocycles. The normalized spacial score (nSPS) is 15.4. The van der Waals surface area contributed by atoms with Crippen molar-refractivity contribution < 1.29 is 9.94 Å². The molecule has 3 N–H and O–H groups in total. The number of ether oxygens (including phenoxy) is 1. The predicted octanol–water partition coefficient (Wildman–Crippen LogP) is 2.41. The summed E-state index contributed by atoms with van der Waals surface area (Å²) in [4.78, 5) is 2.05. The van der Waals surface area contributed by atoms with Crippen molar-refractivity contribution in [1.29, 1.82) is 0 Å². The van der Waals surface area contributed by atoms with Gasteiger partial charge in [-0.05, 0) is 37.0 Å². The third-order valence-corrected chi connectivity index (χ3v) is 3.87. The van der Waals surface area contributed by atoms with E-state index in [-0.39, 0.29) is 5.84 Å². The molecule has 1 aromatic carbocycles. The average Bonchev–Trinajstić information content (AvgIpc) is 3.26. The number of rotatable bonds is 7. The van der Waals surface area contributed by atoms with Crippen LogP contribution < -0.4 is 10.6 Å². The zero-order chi connectivity index (χ0) is 14.5. The molecule has 0 aromatic heterocycles. The lowest BCUT2D eigenvalue weighted by Gasteiger charge is -2.22. The molecule has 2 rings (SSSR count). The summed E-state index contributed by atoms with van der Waals surface area (Å²) >= 11 is 3.44. The number of nitrogens with zero attached hydrogens (tertiary/aromatic N) is 2. The Kier molecular flexibility index (Phi) is 5.25. The Morgan fingerprint density at radius 3 is 2.95 bits per heavy atom. The molecule has 0 unspecified atom stereocenters. The van der Waals surface area contributed by atoms with E-state index in [1.54, 1.807) is 0 Å². The predicted molar refractivity (Wildman–Crippen MR) is 83.5 cm³/mol. The summed E-state index contributed by atoms with van der Waals surface area (Å²) in [5, 5.41) is 11.9. The fourth-order valence-electron chi connectivity index (χ4n) is 1.95. The van der Waals surface area contributed by atoms with Gasteiger partial charge in [-0.25, -0.2) is 0 Å². The Balaban J connectivity index is 1.98. The number of oxime groups is 1. The van der Waals surface area contributed by atoms with E-state index in [4.69, 9.17) is 15.7 Å². The summed E-state index contributed by atoms with van der Waals surface area (Å²) in [6.45, 7) is 2.30. The minimum atomic E-state index is 0.109. The van der Waals surface area contributed by atoms with E-state index in [2.05, 4.69) is 21.1 Å². The number of hydrogen-bond donors (Lipinski definition) is 2. The molecule has 5 nitrogen and oxygen atoms in total. The van der Waals surface area contributed by atoms with Crippen molar-refractivity contribution in [3.8, 4) is 0 Å². The largest absolute Gasteiger partial charge is 0.409 e. The van der Waals surface area contributed by atoms with Crippen molar-refractivity contribution >= 4 is 27.5 Å². The quantitative estimate of drug-likeness (QED) is 0.262. The highest BCUT2D eigenvalue weighted by Crippen LogP contribution is 2.29. The first kappa shape index (κ1) is 15.1. The van der Waals surface area contributed by atoms with Crippen molar-refractivity contribution in [1.82, 2.24) is 0 Å². The highest BCUT2D eigenvalue weighted by Gasteiger charge is 2.21. The van der Waals surface area contributed by atoms with Gasteiger partial charge in [-0.2, -0.15) is 0 Å². The SMILES string of the molecule is CN(CCOCC1CC1)c1cc(Br)ccc1/C(N)=N/O. The number of anilines is 1. The summed E-state index contributed by atoms with van der Waals surface area (Å²) in [6, 6.07) is 5.65. The second kappa shape index (κ2) is 6.95. The van der Waals surface area contributed by atoms with Gasteiger partial charge in [0.1, 0.15) is 0 Å². The standard InChI is InChI=1S/C14H20BrN3O2/c1-18(6-7-20-9-10-2-3-10)13-8-11(15)4-5-12(13)14(16)17-19/h4-5,8,10,19H,2-3,6-7,9H2,1H3,(H2,16,17). The Hall–Kier alpha value is -1.27. The summed E-state index contributed by atoms with van der Waals surface area (Å²) < 4.78 is 6.59. The summed E-state index contributed by atoms with van der Waals surface area (Å²) in [5.74, 6) is 0.886. The number of benzene rings is 1. The summed E-state index contributed by atoms with van der Waals surface area (Å²) in [7, 11) is 1.97. The van der Waals surface area contributed by atoms with E-state index in [0.29, 0.717) is 12.2 Å². The molecule has 0 aliphatic heterocycles. The van der Waals surface area contributed by atoms with E-state index < -0.39 is 0 Å². The zero-order valence-electron chi connectivity index (χ0n) is 11.6. The molecule has 1 aromatic rings. The number of halogens is 1. The minimum absolute atomic E-state index is 0.109. The van der Waals surface area contributed by atoms with Gasteiger partial charge in [-0.15, -0.1) is 0 Å². The number of amidine groups is 1. The molecule has 0 spiro atoms. The maximum atomic E-state index is 8.85. The molecule has 1 aliphatic carbocycles. The molecule has 20 heavy (non-hydrogen) atoms. The number of likely N-dealkylation sites (N-methyl/N-ethyl adjacent to an activating group) is 1. The van der Waals surface area contributed by atoms with Gasteiger partial charge in [-0.1, -0.05) is 21.1 Å². The highest BCUT2D eigenvalue weighted by atomic mass is 79.9. The van der Waals surface area contributed by atoms with Gasteiger partial charge in [0.2, 0.25) is 0 Å². The van der Waals surface area contributed by atoms with Crippen LogP contribution in [0, 0.1) is 5.92 Å². The number of nitrogens with two attached hydrogens (primary N) is 1. The maximum absolute atomic E-state index is 8.85. The Morgan fingerprint density at radius 2 is 2.30 bits per heavy atom. The first-order valence-corrected chi connectivity index (χ1v) is 7.47. The topological polar surface area (TPSA) is 71.1 Å². The van der Waals surface area contributed by atoms with Crippen molar-refractivity contribution in [3.05, 3.63) is 28.2 Å². The average molecular weight is 342 g/mol. The van der Waals surface area contributed by atoms with Crippen LogP contribution in [0.2, 0.25) is 0 Å². The first-order valence-electron chi connectivity index (χ1n) is 6.68. The third kappa shape index (κ3) is 4.11. The Morgan fingerprint density at radius 1 is 1.55 bits per heavy atom. The minimum Gasteiger partial charge on any atom is -0.409 e. The third-order valence-electron chi connectivity index (χ3n) is 3.38. The second-order valence-electron chi connectivity index (χ2n) is 5.09. The molecule has 1 saturated carbocycles. The fraction of sp³-hybridized carbons (Fsp3) is 0.500. The number of hydrogen-bond acceptors (Lipinski definition) is 4. The molecule has 6 heteroatoms. The van der Waals surface area contributed by atoms with Crippen molar-refractivity contribution in [2.75, 3.05) is 31.7 Å². The second-order valence-corrected chi connectivity index (χ2v) is 6.00. The van der Waals surface area contributed by atoms with Crippen LogP contribution in [0.25, 0.3) is 0 Å². The van der Waals surface area contributed by atoms with Crippen LogP contribution in [0.1, 0.15) is 18.4 Å². The van der Waals surface area contributed by atoms with Crippen molar-refractivity contribution in [2.45, 2.75) is 12.8 Å². The Labute approximate surface area is 127 Å². The van der Waals surface area contributed by atoms with Gasteiger partial charge in [0.05, 0.1) is 6.61 Å². The van der Waals surface area contributed by atoms with Crippen LogP contribution >= 0.6 is 15.9 Å². The molecule has 0 bridgehead atoms. The highest BCUT2D eigenvalue weighted by molar-refractivity contribution is 9.10. The van der Waals surface area contributed by atoms with Gasteiger partial charge in [-0.3, -0.25) is 0 Å². The molecule has 1 aliphatic rings. The van der Waals surface area contributed by atoms with Crippen LogP contribution in [0.3, 0.4) is 0 Å². The van der Waals surface area contributed by atoms with Gasteiger partial charge < -0.3 is 20.6 Å². The lowest BCUT2D eigenvalue weighted by molar-refractivity contribution is 0.131. The first-order chi connectivity index (χ1) is 9.61. The van der Waals surface area contributed by atoms with Crippen LogP contribution in [-0.4, -0.2) is 37.8 Å². The van der Waals surface area contributed by atoms with E-state index >= 15 is 0 Å². The molecule has 110 valence electrons. The Bertz CT molecular complexity index is 489. The molecular weight excluding hydrogens is 322 g/mol. The monoisotopic (exact) mass is 341 g/mol. The van der Waals surface area contributed by atoms with Crippen LogP contribution in [0.5, 0.6) is 0 Å². The molecule has 1 fully saturated rings. The molecule has 0 radical (unpaired) electrons. The maximum Gasteiger partial charge on any atom is 0.172 e. The zero-order valence-corrected chi connectivity index (χ0v) is 13.1. The van der Waals surface area contributed by atoms with Gasteiger partial charge in [0, 0.05) is 35.9 Å². The van der Waals surface area contributed by atoms with Crippen molar-refractivity contribution in [3.63, 3.8) is 0 Å². The van der Waals surface area contributed by atoms with Gasteiger partial charge in [0.15, 0.2) is 5.84 Å². The summed E-state index contributed by atoms with van der Waals surface area (Å²) in [6.07, 6.45) is 2.60. The molecule has 0 amide bonds.